The molecule has 150 valence electrons. The number of carbonyl (C=O) groups excluding carboxylic acids is 2. The molecule has 0 saturated carbocycles. The van der Waals surface area contributed by atoms with Crippen LogP contribution in [-0.4, -0.2) is 42.3 Å². The van der Waals surface area contributed by atoms with Crippen molar-refractivity contribution in [3.05, 3.63) is 28.0 Å². The Morgan fingerprint density at radius 1 is 1.22 bits per heavy atom. The van der Waals surface area contributed by atoms with E-state index in [1.807, 2.05) is 59.9 Å². The number of aryl methyl sites for hydroxylation is 1. The number of thiophene rings is 1. The van der Waals surface area contributed by atoms with Crippen LogP contribution in [0.2, 0.25) is 0 Å². The summed E-state index contributed by atoms with van der Waals surface area (Å²) in [4.78, 5) is 28.1. The molecule has 0 unspecified atom stereocenters. The summed E-state index contributed by atoms with van der Waals surface area (Å²) in [6.45, 7) is 14.6. The lowest BCUT2D eigenvalue weighted by Gasteiger charge is -2.33. The lowest BCUT2D eigenvalue weighted by Crippen LogP contribution is -2.44. The summed E-state index contributed by atoms with van der Waals surface area (Å²) in [6, 6.07) is 2.07. The predicted molar refractivity (Wildman–Crippen MR) is 109 cm³/mol. The van der Waals surface area contributed by atoms with Crippen LogP contribution < -0.4 is 0 Å². The maximum Gasteiger partial charge on any atom is 0.410 e. The monoisotopic (exact) mass is 393 g/mol. The van der Waals surface area contributed by atoms with Gasteiger partial charge in [-0.05, 0) is 55.7 Å². The van der Waals surface area contributed by atoms with E-state index in [1.165, 1.54) is 4.88 Å². The maximum atomic E-state index is 12.9. The molecule has 5 nitrogen and oxygen atoms in total. The second-order valence-electron chi connectivity index (χ2n) is 9.21. The Morgan fingerprint density at radius 3 is 2.41 bits per heavy atom. The molecule has 0 spiro atoms. The number of hydrogen-bond donors (Lipinski definition) is 0. The first-order chi connectivity index (χ1) is 12.4. The molecule has 0 aromatic carbocycles. The van der Waals surface area contributed by atoms with Crippen molar-refractivity contribution in [1.29, 1.82) is 0 Å². The molecule has 2 heterocycles. The smallest absolute Gasteiger partial charge is 0.410 e. The summed E-state index contributed by atoms with van der Waals surface area (Å²) in [5, 5.41) is 2.05. The van der Waals surface area contributed by atoms with Crippen LogP contribution in [0.15, 0.2) is 17.5 Å². The molecule has 0 N–H and O–H groups in total. The molecule has 27 heavy (non-hydrogen) atoms. The number of esters is 1. The van der Waals surface area contributed by atoms with Gasteiger partial charge in [0.2, 0.25) is 0 Å². The number of amides is 1. The minimum atomic E-state index is -0.576. The van der Waals surface area contributed by atoms with Gasteiger partial charge in [-0.3, -0.25) is 4.79 Å². The molecule has 2 rings (SSSR count). The second kappa shape index (κ2) is 8.05. The fourth-order valence-corrected chi connectivity index (χ4v) is 3.44. The molecule has 1 atom stereocenters. The van der Waals surface area contributed by atoms with Gasteiger partial charge in [0, 0.05) is 18.0 Å². The van der Waals surface area contributed by atoms with Crippen molar-refractivity contribution in [2.24, 2.45) is 11.3 Å². The number of rotatable bonds is 3. The Labute approximate surface area is 166 Å². The summed E-state index contributed by atoms with van der Waals surface area (Å²) in [5.74, 6) is -0.809. The van der Waals surface area contributed by atoms with Gasteiger partial charge >= 0.3 is 12.1 Å². The van der Waals surface area contributed by atoms with E-state index in [9.17, 15) is 9.59 Å². The van der Waals surface area contributed by atoms with Gasteiger partial charge in [0.1, 0.15) is 5.60 Å². The highest BCUT2D eigenvalue weighted by Crippen LogP contribution is 2.32. The van der Waals surface area contributed by atoms with Crippen molar-refractivity contribution in [1.82, 2.24) is 4.90 Å². The van der Waals surface area contributed by atoms with Gasteiger partial charge < -0.3 is 14.4 Å². The summed E-state index contributed by atoms with van der Waals surface area (Å²) in [6.07, 6.45) is 1.53. The van der Waals surface area contributed by atoms with Gasteiger partial charge in [-0.25, -0.2) is 4.79 Å². The summed E-state index contributed by atoms with van der Waals surface area (Å²) in [7, 11) is 0. The second-order valence-corrected chi connectivity index (χ2v) is 10.3. The van der Waals surface area contributed by atoms with Crippen LogP contribution in [0.1, 0.15) is 52.0 Å². The molecule has 1 aliphatic heterocycles. The van der Waals surface area contributed by atoms with Crippen molar-refractivity contribution in [3.63, 3.8) is 0 Å². The van der Waals surface area contributed by atoms with Gasteiger partial charge in [-0.2, -0.15) is 0 Å². The molecule has 1 aliphatic rings. The topological polar surface area (TPSA) is 55.8 Å². The number of hydrogen-bond acceptors (Lipinski definition) is 5. The Kier molecular flexibility index (Phi) is 6.40. The van der Waals surface area contributed by atoms with Crippen LogP contribution in [0.25, 0.3) is 5.57 Å². The lowest BCUT2D eigenvalue weighted by atomic mass is 9.90. The molecule has 0 aliphatic carbocycles. The van der Waals surface area contributed by atoms with E-state index in [2.05, 4.69) is 6.07 Å². The van der Waals surface area contributed by atoms with Crippen LogP contribution in [0, 0.1) is 18.3 Å². The Hall–Kier alpha value is -1.82. The Morgan fingerprint density at radius 2 is 1.89 bits per heavy atom. The first-order valence-corrected chi connectivity index (χ1v) is 10.1. The van der Waals surface area contributed by atoms with Gasteiger partial charge in [-0.1, -0.05) is 26.8 Å². The largest absolute Gasteiger partial charge is 0.465 e. The molecule has 0 fully saturated rings. The molecule has 1 aromatic heterocycles. The van der Waals surface area contributed by atoms with Crippen molar-refractivity contribution < 1.29 is 19.1 Å². The van der Waals surface area contributed by atoms with E-state index in [0.717, 1.165) is 11.1 Å². The number of carbonyl (C=O) groups is 2. The van der Waals surface area contributed by atoms with E-state index in [-0.39, 0.29) is 17.9 Å². The van der Waals surface area contributed by atoms with Gasteiger partial charge in [0.15, 0.2) is 0 Å². The van der Waals surface area contributed by atoms with Crippen molar-refractivity contribution in [3.8, 4) is 0 Å². The summed E-state index contributed by atoms with van der Waals surface area (Å²) < 4.78 is 11.1. The zero-order valence-electron chi connectivity index (χ0n) is 17.4. The van der Waals surface area contributed by atoms with Gasteiger partial charge in [0.05, 0.1) is 12.5 Å². The van der Waals surface area contributed by atoms with Crippen molar-refractivity contribution >= 4 is 29.0 Å². The fraction of sp³-hybridized carbons (Fsp3) is 0.619. The van der Waals surface area contributed by atoms with Crippen LogP contribution >= 0.6 is 11.3 Å². The zero-order chi connectivity index (χ0) is 20.4. The van der Waals surface area contributed by atoms with Crippen molar-refractivity contribution in [2.75, 3.05) is 19.7 Å². The highest BCUT2D eigenvalue weighted by molar-refractivity contribution is 7.10. The lowest BCUT2D eigenvalue weighted by molar-refractivity contribution is -0.149. The number of ether oxygens (including phenoxy) is 2. The molecule has 1 amide bonds. The minimum absolute atomic E-state index is 0.113. The van der Waals surface area contributed by atoms with E-state index >= 15 is 0 Å². The Balaban J connectivity index is 2.23. The standard InChI is InChI=1S/C21H31NO4S/c1-14-10-15(12-27-14)16-8-9-22(19(24)26-21(5,6)7)11-17(16)18(23)25-13-20(2,3)4/h8,10,12,17H,9,11,13H2,1-7H3/t17-/m0/s1. The minimum Gasteiger partial charge on any atom is -0.465 e. The van der Waals surface area contributed by atoms with Gasteiger partial charge in [-0.15, -0.1) is 11.3 Å². The first-order valence-electron chi connectivity index (χ1n) is 9.26. The SMILES string of the molecule is Cc1cc(C2=CCN(C(=O)OC(C)(C)C)C[C@@H]2C(=O)OCC(C)(C)C)cs1. The van der Waals surface area contributed by atoms with E-state index in [1.54, 1.807) is 16.2 Å². The summed E-state index contributed by atoms with van der Waals surface area (Å²) in [5.41, 5.74) is 1.27. The van der Waals surface area contributed by atoms with E-state index in [0.29, 0.717) is 13.2 Å². The Bertz CT molecular complexity index is 721. The van der Waals surface area contributed by atoms with Crippen molar-refractivity contribution in [2.45, 2.75) is 54.1 Å². The third kappa shape index (κ3) is 6.38. The van der Waals surface area contributed by atoms with Crippen LogP contribution in [0.4, 0.5) is 4.79 Å². The molecule has 0 saturated heterocycles. The predicted octanol–water partition coefficient (Wildman–Crippen LogP) is 4.90. The van der Waals surface area contributed by atoms with Crippen LogP contribution in [0.3, 0.4) is 0 Å². The van der Waals surface area contributed by atoms with E-state index in [4.69, 9.17) is 9.47 Å². The molecule has 0 radical (unpaired) electrons. The average molecular weight is 394 g/mol. The normalized spacial score (nSPS) is 18.1. The molecule has 6 heteroatoms. The molecular formula is C21H31NO4S. The highest BCUT2D eigenvalue weighted by Gasteiger charge is 2.35. The highest BCUT2D eigenvalue weighted by atomic mass is 32.1. The van der Waals surface area contributed by atoms with Gasteiger partial charge in [0.25, 0.3) is 0 Å². The third-order valence-electron chi connectivity index (χ3n) is 3.96. The fourth-order valence-electron chi connectivity index (χ4n) is 2.72. The number of nitrogens with zero attached hydrogens (tertiary/aromatic N) is 1. The zero-order valence-corrected chi connectivity index (χ0v) is 18.2. The average Bonchev–Trinajstić information content (AvgIpc) is 2.96. The quantitative estimate of drug-likeness (QED) is 0.686. The van der Waals surface area contributed by atoms with Crippen LogP contribution in [0.5, 0.6) is 0 Å². The first kappa shape index (κ1) is 21.5. The summed E-state index contributed by atoms with van der Waals surface area (Å²) >= 11 is 1.65. The van der Waals surface area contributed by atoms with E-state index < -0.39 is 17.6 Å². The molecule has 0 bridgehead atoms. The molecular weight excluding hydrogens is 362 g/mol. The molecule has 1 aromatic rings. The van der Waals surface area contributed by atoms with Crippen LogP contribution in [-0.2, 0) is 14.3 Å². The third-order valence-corrected chi connectivity index (χ3v) is 4.82. The maximum absolute atomic E-state index is 12.9.